The zero-order chi connectivity index (χ0) is 16.2. The molecule has 1 aliphatic rings. The van der Waals surface area contributed by atoms with Gasteiger partial charge >= 0.3 is 6.18 Å². The lowest BCUT2D eigenvalue weighted by molar-refractivity contribution is -0.141. The van der Waals surface area contributed by atoms with Gasteiger partial charge in [-0.15, -0.1) is 0 Å². The summed E-state index contributed by atoms with van der Waals surface area (Å²) >= 11 is 0. The zero-order valence-corrected chi connectivity index (χ0v) is 12.3. The molecule has 1 unspecified atom stereocenters. The van der Waals surface area contributed by atoms with Crippen LogP contribution >= 0.6 is 0 Å². The van der Waals surface area contributed by atoms with Gasteiger partial charge < -0.3 is 10.1 Å². The standard InChI is InChI=1S/C13H19F3N4O2/c1-10(8-19-4-6-22-7-5-19)17-12(21)9-20-3-2-11(18-20)13(14,15)16/h2-3,10H,4-9H2,1H3,(H,17,21). The number of carbonyl (C=O) groups is 1. The molecule has 0 radical (unpaired) electrons. The summed E-state index contributed by atoms with van der Waals surface area (Å²) in [6.45, 7) is 5.29. The summed E-state index contributed by atoms with van der Waals surface area (Å²) in [6, 6.07) is 0.757. The average Bonchev–Trinajstić information content (AvgIpc) is 2.87. The van der Waals surface area contributed by atoms with Gasteiger partial charge in [0.05, 0.1) is 13.2 Å². The monoisotopic (exact) mass is 320 g/mol. The zero-order valence-electron chi connectivity index (χ0n) is 12.3. The quantitative estimate of drug-likeness (QED) is 0.869. The van der Waals surface area contributed by atoms with Crippen LogP contribution in [0.2, 0.25) is 0 Å². The van der Waals surface area contributed by atoms with Crippen LogP contribution in [-0.4, -0.2) is 59.5 Å². The first kappa shape index (κ1) is 16.8. The van der Waals surface area contributed by atoms with Gasteiger partial charge in [-0.25, -0.2) is 0 Å². The lowest BCUT2D eigenvalue weighted by Gasteiger charge is -2.29. The van der Waals surface area contributed by atoms with Crippen molar-refractivity contribution in [3.63, 3.8) is 0 Å². The molecule has 0 aromatic carbocycles. The van der Waals surface area contributed by atoms with Gasteiger partial charge in [-0.05, 0) is 13.0 Å². The minimum atomic E-state index is -4.49. The Labute approximate surface area is 126 Å². The number of hydrogen-bond acceptors (Lipinski definition) is 4. The third-order valence-corrected chi connectivity index (χ3v) is 3.28. The van der Waals surface area contributed by atoms with E-state index in [2.05, 4.69) is 15.3 Å². The summed E-state index contributed by atoms with van der Waals surface area (Å²) in [5.41, 5.74) is -0.998. The molecule has 1 aliphatic heterocycles. The number of nitrogens with zero attached hydrogens (tertiary/aromatic N) is 3. The van der Waals surface area contributed by atoms with Gasteiger partial charge in [0.1, 0.15) is 6.54 Å². The highest BCUT2D eigenvalue weighted by molar-refractivity contribution is 5.75. The molecule has 2 rings (SSSR count). The molecule has 124 valence electrons. The number of carbonyl (C=O) groups excluding carboxylic acids is 1. The van der Waals surface area contributed by atoms with Crippen molar-refractivity contribution < 1.29 is 22.7 Å². The Morgan fingerprint density at radius 2 is 2.14 bits per heavy atom. The van der Waals surface area contributed by atoms with E-state index in [4.69, 9.17) is 4.74 Å². The molecule has 1 saturated heterocycles. The van der Waals surface area contributed by atoms with Gasteiger partial charge in [-0.2, -0.15) is 18.3 Å². The van der Waals surface area contributed by atoms with E-state index in [-0.39, 0.29) is 18.5 Å². The van der Waals surface area contributed by atoms with E-state index in [1.807, 2.05) is 6.92 Å². The SMILES string of the molecule is CC(CN1CCOCC1)NC(=O)Cn1ccc(C(F)(F)F)n1. The summed E-state index contributed by atoms with van der Waals surface area (Å²) in [4.78, 5) is 14.0. The molecule has 0 bridgehead atoms. The van der Waals surface area contributed by atoms with Crippen LogP contribution in [-0.2, 0) is 22.3 Å². The minimum Gasteiger partial charge on any atom is -0.379 e. The lowest BCUT2D eigenvalue weighted by atomic mass is 10.3. The van der Waals surface area contributed by atoms with Crippen molar-refractivity contribution in [3.8, 4) is 0 Å². The summed E-state index contributed by atoms with van der Waals surface area (Å²) in [5, 5.41) is 6.11. The van der Waals surface area contributed by atoms with Crippen molar-refractivity contribution >= 4 is 5.91 Å². The van der Waals surface area contributed by atoms with Crippen LogP contribution in [0, 0.1) is 0 Å². The highest BCUT2D eigenvalue weighted by atomic mass is 19.4. The second-order valence-corrected chi connectivity index (χ2v) is 5.28. The maximum atomic E-state index is 12.4. The Morgan fingerprint density at radius 3 is 2.73 bits per heavy atom. The van der Waals surface area contributed by atoms with E-state index in [9.17, 15) is 18.0 Å². The van der Waals surface area contributed by atoms with Crippen LogP contribution in [0.25, 0.3) is 0 Å². The molecule has 1 atom stereocenters. The van der Waals surface area contributed by atoms with Crippen LogP contribution in [0.5, 0.6) is 0 Å². The van der Waals surface area contributed by atoms with Crippen molar-refractivity contribution in [1.29, 1.82) is 0 Å². The molecule has 1 fully saturated rings. The number of morpholine rings is 1. The largest absolute Gasteiger partial charge is 0.435 e. The summed E-state index contributed by atoms with van der Waals surface area (Å²) in [5.74, 6) is -0.363. The number of aromatic nitrogens is 2. The molecule has 1 N–H and O–H groups in total. The first-order chi connectivity index (χ1) is 10.3. The van der Waals surface area contributed by atoms with Gasteiger partial charge in [0.25, 0.3) is 0 Å². The average molecular weight is 320 g/mol. The summed E-state index contributed by atoms with van der Waals surface area (Å²) in [6.07, 6.45) is -3.35. The van der Waals surface area contributed by atoms with Crippen LogP contribution < -0.4 is 5.32 Å². The lowest BCUT2D eigenvalue weighted by Crippen LogP contribution is -2.46. The molecular formula is C13H19F3N4O2. The molecule has 1 aromatic heterocycles. The fourth-order valence-corrected chi connectivity index (χ4v) is 2.29. The van der Waals surface area contributed by atoms with E-state index >= 15 is 0 Å². The Bertz CT molecular complexity index is 498. The minimum absolute atomic E-state index is 0.0942. The van der Waals surface area contributed by atoms with Crippen LogP contribution in [0.3, 0.4) is 0 Å². The topological polar surface area (TPSA) is 59.4 Å². The predicted molar refractivity (Wildman–Crippen MR) is 72.1 cm³/mol. The smallest absolute Gasteiger partial charge is 0.379 e. The molecule has 1 amide bonds. The molecule has 0 aliphatic carbocycles. The van der Waals surface area contributed by atoms with Gasteiger partial charge in [0.15, 0.2) is 5.69 Å². The molecule has 6 nitrogen and oxygen atoms in total. The fourth-order valence-electron chi connectivity index (χ4n) is 2.29. The van der Waals surface area contributed by atoms with E-state index in [1.54, 1.807) is 0 Å². The molecule has 2 heterocycles. The Balaban J connectivity index is 1.78. The Hall–Kier alpha value is -1.61. The first-order valence-corrected chi connectivity index (χ1v) is 7.04. The third-order valence-electron chi connectivity index (χ3n) is 3.28. The van der Waals surface area contributed by atoms with Gasteiger partial charge in [0, 0.05) is 31.9 Å². The number of hydrogen-bond donors (Lipinski definition) is 1. The highest BCUT2D eigenvalue weighted by Crippen LogP contribution is 2.27. The number of halogens is 3. The fraction of sp³-hybridized carbons (Fsp3) is 0.692. The summed E-state index contributed by atoms with van der Waals surface area (Å²) < 4.78 is 43.5. The second kappa shape index (κ2) is 7.10. The molecule has 22 heavy (non-hydrogen) atoms. The van der Waals surface area contributed by atoms with Crippen LogP contribution in [0.1, 0.15) is 12.6 Å². The number of ether oxygens (including phenoxy) is 1. The van der Waals surface area contributed by atoms with Crippen molar-refractivity contribution in [2.24, 2.45) is 0 Å². The maximum Gasteiger partial charge on any atom is 0.435 e. The van der Waals surface area contributed by atoms with Gasteiger partial charge in [0.2, 0.25) is 5.91 Å². The number of nitrogens with one attached hydrogen (secondary N) is 1. The maximum absolute atomic E-state index is 12.4. The predicted octanol–water partition coefficient (Wildman–Crippen LogP) is 0.739. The molecule has 0 spiro atoms. The van der Waals surface area contributed by atoms with E-state index < -0.39 is 11.9 Å². The molecular weight excluding hydrogens is 301 g/mol. The van der Waals surface area contributed by atoms with Crippen LogP contribution in [0.15, 0.2) is 12.3 Å². The third kappa shape index (κ3) is 4.99. The highest BCUT2D eigenvalue weighted by Gasteiger charge is 2.33. The van der Waals surface area contributed by atoms with E-state index in [1.165, 1.54) is 0 Å². The summed E-state index contributed by atoms with van der Waals surface area (Å²) in [7, 11) is 0. The van der Waals surface area contributed by atoms with Gasteiger partial charge in [-0.3, -0.25) is 14.4 Å². The Kier molecular flexibility index (Phi) is 5.41. The number of alkyl halides is 3. The van der Waals surface area contributed by atoms with Crippen molar-refractivity contribution in [3.05, 3.63) is 18.0 Å². The number of amides is 1. The molecule has 1 aromatic rings. The normalized spacial score (nSPS) is 18.2. The van der Waals surface area contributed by atoms with Crippen molar-refractivity contribution in [2.75, 3.05) is 32.8 Å². The first-order valence-electron chi connectivity index (χ1n) is 7.04. The Morgan fingerprint density at radius 1 is 1.45 bits per heavy atom. The van der Waals surface area contributed by atoms with Crippen molar-refractivity contribution in [1.82, 2.24) is 20.0 Å². The van der Waals surface area contributed by atoms with E-state index in [0.29, 0.717) is 19.8 Å². The molecule has 0 saturated carbocycles. The van der Waals surface area contributed by atoms with E-state index in [0.717, 1.165) is 30.0 Å². The second-order valence-electron chi connectivity index (χ2n) is 5.28. The number of rotatable bonds is 5. The molecule has 9 heteroatoms. The van der Waals surface area contributed by atoms with Gasteiger partial charge in [-0.1, -0.05) is 0 Å². The van der Waals surface area contributed by atoms with Crippen molar-refractivity contribution in [2.45, 2.75) is 25.7 Å². The van der Waals surface area contributed by atoms with Crippen LogP contribution in [0.4, 0.5) is 13.2 Å².